The standard InChI is InChI=1S/C14H20ClNO2/c1-14(2,3)7-8-16-12-6-5-10(15)9-11(12)13(17)18-4/h5-6,9,16H,7-8H2,1-4H3. The Morgan fingerprint density at radius 1 is 1.39 bits per heavy atom. The lowest BCUT2D eigenvalue weighted by molar-refractivity contribution is 0.0602. The molecule has 0 radical (unpaired) electrons. The van der Waals surface area contributed by atoms with E-state index in [2.05, 4.69) is 26.1 Å². The van der Waals surface area contributed by atoms with Crippen molar-refractivity contribution < 1.29 is 9.53 Å². The maximum absolute atomic E-state index is 11.6. The van der Waals surface area contributed by atoms with Gasteiger partial charge >= 0.3 is 5.97 Å². The number of carbonyl (C=O) groups excluding carboxylic acids is 1. The molecule has 0 fully saturated rings. The van der Waals surface area contributed by atoms with Crippen LogP contribution in [0.25, 0.3) is 0 Å². The molecule has 0 aromatic heterocycles. The predicted molar refractivity (Wildman–Crippen MR) is 75.4 cm³/mol. The monoisotopic (exact) mass is 269 g/mol. The summed E-state index contributed by atoms with van der Waals surface area (Å²) in [5.41, 5.74) is 1.49. The van der Waals surface area contributed by atoms with Crippen molar-refractivity contribution in [3.8, 4) is 0 Å². The Hall–Kier alpha value is -1.22. The normalized spacial score (nSPS) is 11.2. The summed E-state index contributed by atoms with van der Waals surface area (Å²) in [4.78, 5) is 11.6. The van der Waals surface area contributed by atoms with Gasteiger partial charge < -0.3 is 10.1 Å². The first kappa shape index (κ1) is 14.8. The molecule has 1 aromatic rings. The largest absolute Gasteiger partial charge is 0.465 e. The van der Waals surface area contributed by atoms with Crippen LogP contribution in [-0.4, -0.2) is 19.6 Å². The molecule has 0 amide bonds. The average Bonchev–Trinajstić information content (AvgIpc) is 2.28. The third-order valence-corrected chi connectivity index (χ3v) is 2.81. The Kier molecular flexibility index (Phi) is 5.03. The fourth-order valence-electron chi connectivity index (χ4n) is 1.52. The van der Waals surface area contributed by atoms with Crippen molar-refractivity contribution in [1.29, 1.82) is 0 Å². The molecule has 0 aliphatic heterocycles. The lowest BCUT2D eigenvalue weighted by Gasteiger charge is -2.19. The minimum atomic E-state index is -0.379. The van der Waals surface area contributed by atoms with Gasteiger partial charge in [-0.3, -0.25) is 0 Å². The molecule has 18 heavy (non-hydrogen) atoms. The van der Waals surface area contributed by atoms with E-state index in [1.807, 2.05) is 0 Å². The van der Waals surface area contributed by atoms with Crippen LogP contribution in [0.4, 0.5) is 5.69 Å². The quantitative estimate of drug-likeness (QED) is 0.841. The van der Waals surface area contributed by atoms with Crippen molar-refractivity contribution in [1.82, 2.24) is 0 Å². The SMILES string of the molecule is COC(=O)c1cc(Cl)ccc1NCCC(C)(C)C. The Morgan fingerprint density at radius 2 is 2.06 bits per heavy atom. The van der Waals surface area contributed by atoms with Crippen LogP contribution >= 0.6 is 11.6 Å². The molecule has 0 saturated heterocycles. The Morgan fingerprint density at radius 3 is 2.61 bits per heavy atom. The zero-order valence-corrected chi connectivity index (χ0v) is 12.1. The van der Waals surface area contributed by atoms with E-state index in [1.54, 1.807) is 18.2 Å². The molecular formula is C14H20ClNO2. The van der Waals surface area contributed by atoms with Crippen LogP contribution in [0.15, 0.2) is 18.2 Å². The van der Waals surface area contributed by atoms with Crippen LogP contribution in [0, 0.1) is 5.41 Å². The molecule has 0 spiro atoms. The van der Waals surface area contributed by atoms with Gasteiger partial charge in [0.2, 0.25) is 0 Å². The van der Waals surface area contributed by atoms with E-state index >= 15 is 0 Å². The number of esters is 1. The first-order chi connectivity index (χ1) is 8.33. The summed E-state index contributed by atoms with van der Waals surface area (Å²) in [7, 11) is 1.36. The Labute approximate surface area is 113 Å². The highest BCUT2D eigenvalue weighted by Crippen LogP contribution is 2.23. The second-order valence-electron chi connectivity index (χ2n) is 5.42. The molecule has 0 unspecified atom stereocenters. The molecule has 0 aliphatic rings. The summed E-state index contributed by atoms with van der Waals surface area (Å²) in [6.45, 7) is 7.34. The molecule has 0 heterocycles. The number of nitrogens with one attached hydrogen (secondary N) is 1. The van der Waals surface area contributed by atoms with Crippen molar-refractivity contribution in [2.45, 2.75) is 27.2 Å². The highest BCUT2D eigenvalue weighted by atomic mass is 35.5. The van der Waals surface area contributed by atoms with Crippen LogP contribution in [-0.2, 0) is 4.74 Å². The van der Waals surface area contributed by atoms with Gasteiger partial charge in [-0.25, -0.2) is 4.79 Å². The van der Waals surface area contributed by atoms with Gasteiger partial charge in [-0.05, 0) is 30.0 Å². The minimum absolute atomic E-state index is 0.255. The van der Waals surface area contributed by atoms with E-state index < -0.39 is 0 Å². The summed E-state index contributed by atoms with van der Waals surface area (Å²) < 4.78 is 4.74. The maximum atomic E-state index is 11.6. The number of benzene rings is 1. The lowest BCUT2D eigenvalue weighted by atomic mass is 9.92. The first-order valence-electron chi connectivity index (χ1n) is 5.95. The average molecular weight is 270 g/mol. The van der Waals surface area contributed by atoms with Gasteiger partial charge in [-0.1, -0.05) is 32.4 Å². The van der Waals surface area contributed by atoms with Crippen LogP contribution in [0.5, 0.6) is 0 Å². The minimum Gasteiger partial charge on any atom is -0.465 e. The van der Waals surface area contributed by atoms with E-state index in [0.29, 0.717) is 10.6 Å². The number of hydrogen-bond donors (Lipinski definition) is 1. The number of carbonyl (C=O) groups is 1. The molecule has 0 atom stereocenters. The molecule has 0 aliphatic carbocycles. The van der Waals surface area contributed by atoms with Gasteiger partial charge in [-0.15, -0.1) is 0 Å². The second kappa shape index (κ2) is 6.10. The smallest absolute Gasteiger partial charge is 0.340 e. The number of methoxy groups -OCH3 is 1. The van der Waals surface area contributed by atoms with Crippen molar-refractivity contribution in [3.05, 3.63) is 28.8 Å². The zero-order valence-electron chi connectivity index (χ0n) is 11.3. The summed E-state index contributed by atoms with van der Waals surface area (Å²) in [6, 6.07) is 5.18. The van der Waals surface area contributed by atoms with Crippen LogP contribution < -0.4 is 5.32 Å². The Bertz CT molecular complexity index is 424. The van der Waals surface area contributed by atoms with Crippen molar-refractivity contribution in [2.24, 2.45) is 5.41 Å². The van der Waals surface area contributed by atoms with Gasteiger partial charge in [0.1, 0.15) is 0 Å². The van der Waals surface area contributed by atoms with E-state index in [4.69, 9.17) is 16.3 Å². The van der Waals surface area contributed by atoms with Crippen molar-refractivity contribution in [3.63, 3.8) is 0 Å². The zero-order chi connectivity index (χ0) is 13.8. The van der Waals surface area contributed by atoms with Gasteiger partial charge in [0.25, 0.3) is 0 Å². The van der Waals surface area contributed by atoms with Gasteiger partial charge in [0.15, 0.2) is 0 Å². The molecule has 4 heteroatoms. The van der Waals surface area contributed by atoms with Crippen LogP contribution in [0.1, 0.15) is 37.6 Å². The molecule has 100 valence electrons. The van der Waals surface area contributed by atoms with Crippen LogP contribution in [0.2, 0.25) is 5.02 Å². The number of ether oxygens (including phenoxy) is 1. The third kappa shape index (κ3) is 4.57. The summed E-state index contributed by atoms with van der Waals surface area (Å²) in [6.07, 6.45) is 1.01. The van der Waals surface area contributed by atoms with E-state index in [1.165, 1.54) is 7.11 Å². The van der Waals surface area contributed by atoms with Crippen molar-refractivity contribution in [2.75, 3.05) is 19.0 Å². The van der Waals surface area contributed by atoms with E-state index in [0.717, 1.165) is 18.7 Å². The molecular weight excluding hydrogens is 250 g/mol. The fraction of sp³-hybridized carbons (Fsp3) is 0.500. The van der Waals surface area contributed by atoms with E-state index in [9.17, 15) is 4.79 Å². The summed E-state index contributed by atoms with van der Waals surface area (Å²) in [5, 5.41) is 3.78. The topological polar surface area (TPSA) is 38.3 Å². The molecule has 0 bridgehead atoms. The Balaban J connectivity index is 2.79. The molecule has 0 saturated carbocycles. The fourth-order valence-corrected chi connectivity index (χ4v) is 1.69. The summed E-state index contributed by atoms with van der Waals surface area (Å²) in [5.74, 6) is -0.379. The van der Waals surface area contributed by atoms with Gasteiger partial charge in [0, 0.05) is 17.3 Å². The molecule has 3 nitrogen and oxygen atoms in total. The molecule has 1 aromatic carbocycles. The molecule has 1 N–H and O–H groups in total. The van der Waals surface area contributed by atoms with Crippen molar-refractivity contribution >= 4 is 23.3 Å². The number of halogens is 1. The third-order valence-electron chi connectivity index (χ3n) is 2.58. The molecule has 1 rings (SSSR count). The van der Waals surface area contributed by atoms with Crippen LogP contribution in [0.3, 0.4) is 0 Å². The number of anilines is 1. The lowest BCUT2D eigenvalue weighted by Crippen LogP contribution is -2.15. The predicted octanol–water partition coefficient (Wildman–Crippen LogP) is 3.97. The van der Waals surface area contributed by atoms with Gasteiger partial charge in [-0.2, -0.15) is 0 Å². The number of rotatable bonds is 4. The summed E-state index contributed by atoms with van der Waals surface area (Å²) >= 11 is 5.89. The maximum Gasteiger partial charge on any atom is 0.340 e. The van der Waals surface area contributed by atoms with E-state index in [-0.39, 0.29) is 11.4 Å². The van der Waals surface area contributed by atoms with Gasteiger partial charge in [0.05, 0.1) is 12.7 Å². The second-order valence-corrected chi connectivity index (χ2v) is 5.86. The highest BCUT2D eigenvalue weighted by Gasteiger charge is 2.14. The highest BCUT2D eigenvalue weighted by molar-refractivity contribution is 6.31. The first-order valence-corrected chi connectivity index (χ1v) is 6.33. The number of hydrogen-bond acceptors (Lipinski definition) is 3.